The second-order valence-corrected chi connectivity index (χ2v) is 5.87. The van der Waals surface area contributed by atoms with Crippen molar-refractivity contribution in [1.82, 2.24) is 14.5 Å². The third kappa shape index (κ3) is 5.51. The maximum atomic E-state index is 12.5. The van der Waals surface area contributed by atoms with Gasteiger partial charge in [-0.25, -0.2) is 4.98 Å². The van der Waals surface area contributed by atoms with Gasteiger partial charge in [0.2, 0.25) is 0 Å². The number of halogens is 3. The molecule has 0 saturated carbocycles. The highest BCUT2D eigenvalue weighted by molar-refractivity contribution is 5.77. The Hall–Kier alpha value is -2.51. The summed E-state index contributed by atoms with van der Waals surface area (Å²) in [5.41, 5.74) is 2.17. The second-order valence-electron chi connectivity index (χ2n) is 5.87. The number of nitrogens with zero attached hydrogens (tertiary/aromatic N) is 3. The summed E-state index contributed by atoms with van der Waals surface area (Å²) in [6.45, 7) is 2.55. The predicted molar refractivity (Wildman–Crippen MR) is 86.2 cm³/mol. The summed E-state index contributed by atoms with van der Waals surface area (Å²) in [7, 11) is 1.50. The molecule has 1 aromatic heterocycles. The number of hydrogen-bond acceptors (Lipinski definition) is 3. The summed E-state index contributed by atoms with van der Waals surface area (Å²) < 4.78 is 44.0. The van der Waals surface area contributed by atoms with Crippen molar-refractivity contribution in [3.8, 4) is 5.75 Å². The molecule has 0 saturated heterocycles. The number of carbonyl (C=O) groups excluding carboxylic acids is 1. The lowest BCUT2D eigenvalue weighted by Gasteiger charge is -2.18. The lowest BCUT2D eigenvalue weighted by molar-refractivity contribution is -0.141. The van der Waals surface area contributed by atoms with Crippen molar-refractivity contribution < 1.29 is 22.7 Å². The molecule has 0 bridgehead atoms. The molecular formula is C17H20F3N3O2. The molecule has 2 aromatic rings. The number of aromatic nitrogens is 2. The summed E-state index contributed by atoms with van der Waals surface area (Å²) in [6, 6.07) is 5.50. The first-order chi connectivity index (χ1) is 11.7. The third-order valence-electron chi connectivity index (χ3n) is 3.80. The van der Waals surface area contributed by atoms with E-state index in [4.69, 9.17) is 4.74 Å². The molecule has 0 aliphatic rings. The molecule has 0 spiro atoms. The van der Waals surface area contributed by atoms with E-state index in [1.165, 1.54) is 24.3 Å². The van der Waals surface area contributed by atoms with Crippen LogP contribution < -0.4 is 4.74 Å². The number of rotatable bonds is 6. The van der Waals surface area contributed by atoms with Crippen molar-refractivity contribution >= 4 is 5.91 Å². The molecule has 2 rings (SSSR count). The van der Waals surface area contributed by atoms with E-state index in [1.54, 1.807) is 6.07 Å². The number of benzene rings is 1. The Morgan fingerprint density at radius 3 is 2.64 bits per heavy atom. The van der Waals surface area contributed by atoms with Crippen LogP contribution in [0, 0.1) is 13.8 Å². The van der Waals surface area contributed by atoms with Gasteiger partial charge in [0.25, 0.3) is 5.91 Å². The van der Waals surface area contributed by atoms with Crippen LogP contribution in [0.2, 0.25) is 0 Å². The van der Waals surface area contributed by atoms with E-state index in [-0.39, 0.29) is 24.9 Å². The highest BCUT2D eigenvalue weighted by atomic mass is 19.4. The second kappa shape index (κ2) is 7.58. The molecule has 0 N–H and O–H groups in total. The first kappa shape index (κ1) is 18.8. The van der Waals surface area contributed by atoms with E-state index in [2.05, 4.69) is 4.98 Å². The van der Waals surface area contributed by atoms with Gasteiger partial charge in [-0.05, 0) is 37.1 Å². The van der Waals surface area contributed by atoms with Crippen LogP contribution in [0.3, 0.4) is 0 Å². The Bertz CT molecular complexity index is 741. The van der Waals surface area contributed by atoms with Gasteiger partial charge in [0.1, 0.15) is 18.1 Å². The number of amides is 1. The average molecular weight is 355 g/mol. The van der Waals surface area contributed by atoms with Gasteiger partial charge in [0.15, 0.2) is 6.61 Å². The lowest BCUT2D eigenvalue weighted by Crippen LogP contribution is -2.32. The fourth-order valence-corrected chi connectivity index (χ4v) is 2.19. The van der Waals surface area contributed by atoms with Crippen LogP contribution in [0.25, 0.3) is 0 Å². The zero-order valence-corrected chi connectivity index (χ0v) is 14.3. The van der Waals surface area contributed by atoms with Crippen molar-refractivity contribution in [2.45, 2.75) is 33.1 Å². The van der Waals surface area contributed by atoms with Crippen LogP contribution in [-0.4, -0.2) is 40.2 Å². The zero-order valence-electron chi connectivity index (χ0n) is 14.3. The normalized spacial score (nSPS) is 11.4. The molecule has 0 atom stereocenters. The lowest BCUT2D eigenvalue weighted by atomic mass is 10.1. The molecule has 0 unspecified atom stereocenters. The number of carbonyl (C=O) groups is 1. The first-order valence-electron chi connectivity index (χ1n) is 7.66. The van der Waals surface area contributed by atoms with E-state index in [0.717, 1.165) is 15.7 Å². The smallest absolute Gasteiger partial charge is 0.406 e. The van der Waals surface area contributed by atoms with Crippen molar-refractivity contribution in [2.75, 3.05) is 13.7 Å². The molecule has 1 heterocycles. The molecule has 136 valence electrons. The summed E-state index contributed by atoms with van der Waals surface area (Å²) in [5.74, 6) is 0.391. The highest BCUT2D eigenvalue weighted by Crippen LogP contribution is 2.19. The number of aryl methyl sites for hydroxylation is 2. The van der Waals surface area contributed by atoms with Gasteiger partial charge in [-0.2, -0.15) is 13.2 Å². The Balaban J connectivity index is 1.92. The molecule has 0 fully saturated rings. The molecule has 5 nitrogen and oxygen atoms in total. The van der Waals surface area contributed by atoms with Gasteiger partial charge in [0, 0.05) is 19.4 Å². The maximum Gasteiger partial charge on any atom is 0.406 e. The van der Waals surface area contributed by atoms with Crippen molar-refractivity contribution in [1.29, 1.82) is 0 Å². The zero-order chi connectivity index (χ0) is 18.6. The molecule has 0 radical (unpaired) electrons. The van der Waals surface area contributed by atoms with Crippen molar-refractivity contribution in [2.24, 2.45) is 0 Å². The molecule has 1 aromatic carbocycles. The van der Waals surface area contributed by atoms with Crippen molar-refractivity contribution in [3.63, 3.8) is 0 Å². The van der Waals surface area contributed by atoms with Crippen molar-refractivity contribution in [3.05, 3.63) is 47.5 Å². The van der Waals surface area contributed by atoms with E-state index in [1.807, 2.05) is 26.0 Å². The minimum absolute atomic E-state index is 0.0296. The van der Waals surface area contributed by atoms with Gasteiger partial charge >= 0.3 is 6.18 Å². The van der Waals surface area contributed by atoms with Crippen LogP contribution in [0.4, 0.5) is 13.2 Å². The number of hydrogen-bond donors (Lipinski definition) is 0. The quantitative estimate of drug-likeness (QED) is 0.800. The molecule has 25 heavy (non-hydrogen) atoms. The van der Waals surface area contributed by atoms with E-state index >= 15 is 0 Å². The van der Waals surface area contributed by atoms with Gasteiger partial charge in [-0.3, -0.25) is 4.79 Å². The Morgan fingerprint density at radius 1 is 1.28 bits per heavy atom. The van der Waals surface area contributed by atoms with Gasteiger partial charge in [0.05, 0.1) is 6.54 Å². The third-order valence-corrected chi connectivity index (χ3v) is 3.80. The van der Waals surface area contributed by atoms with E-state index < -0.39 is 12.7 Å². The topological polar surface area (TPSA) is 47.4 Å². The molecule has 0 aliphatic heterocycles. The first-order valence-corrected chi connectivity index (χ1v) is 7.66. The fraction of sp³-hybridized carbons (Fsp3) is 0.412. The monoisotopic (exact) mass is 355 g/mol. The van der Waals surface area contributed by atoms with Crippen LogP contribution in [-0.2, 0) is 17.9 Å². The minimum Gasteiger partial charge on any atom is -0.484 e. The van der Waals surface area contributed by atoms with Crippen LogP contribution in [0.5, 0.6) is 5.75 Å². The molecule has 1 amide bonds. The van der Waals surface area contributed by atoms with E-state index in [9.17, 15) is 18.0 Å². The van der Waals surface area contributed by atoms with Crippen LogP contribution in [0.1, 0.15) is 17.0 Å². The average Bonchev–Trinajstić information content (AvgIpc) is 2.93. The standard InChI is InChI=1S/C17H20F3N3O2/c1-12-4-5-14(8-13(12)2)25-10-16(24)22(3)9-15-21-6-7-23(15)11-17(18,19)20/h4-8H,9-11H2,1-3H3. The van der Waals surface area contributed by atoms with Gasteiger partial charge in [-0.1, -0.05) is 6.07 Å². The summed E-state index contributed by atoms with van der Waals surface area (Å²) in [4.78, 5) is 17.3. The SMILES string of the molecule is Cc1ccc(OCC(=O)N(C)Cc2nccn2CC(F)(F)F)cc1C. The summed E-state index contributed by atoms with van der Waals surface area (Å²) in [5, 5.41) is 0. The number of likely N-dealkylation sites (N-methyl/N-ethyl adjacent to an activating group) is 1. The highest BCUT2D eigenvalue weighted by Gasteiger charge is 2.29. The van der Waals surface area contributed by atoms with E-state index in [0.29, 0.717) is 5.75 Å². The Kier molecular flexibility index (Phi) is 5.71. The van der Waals surface area contributed by atoms with Crippen LogP contribution >= 0.6 is 0 Å². The number of alkyl halides is 3. The molecule has 8 heteroatoms. The van der Waals surface area contributed by atoms with Gasteiger partial charge < -0.3 is 14.2 Å². The molecule has 0 aliphatic carbocycles. The summed E-state index contributed by atoms with van der Waals surface area (Å²) >= 11 is 0. The fourth-order valence-electron chi connectivity index (χ4n) is 2.19. The predicted octanol–water partition coefficient (Wildman–Crippen LogP) is 3.10. The molecular weight excluding hydrogens is 335 g/mol. The maximum absolute atomic E-state index is 12.5. The largest absolute Gasteiger partial charge is 0.484 e. The van der Waals surface area contributed by atoms with Crippen LogP contribution in [0.15, 0.2) is 30.6 Å². The number of ether oxygens (including phenoxy) is 1. The number of imidazole rings is 1. The summed E-state index contributed by atoms with van der Waals surface area (Å²) in [6.07, 6.45) is -1.82. The minimum atomic E-state index is -4.34. The Labute approximate surface area is 144 Å². The van der Waals surface area contributed by atoms with Gasteiger partial charge in [-0.15, -0.1) is 0 Å². The Morgan fingerprint density at radius 2 is 2.00 bits per heavy atom.